The van der Waals surface area contributed by atoms with Crippen LogP contribution in [0.3, 0.4) is 0 Å². The monoisotopic (exact) mass is 176 g/mol. The Labute approximate surface area is 68.8 Å². The van der Waals surface area contributed by atoms with Gasteiger partial charge in [0.1, 0.15) is 0 Å². The van der Waals surface area contributed by atoms with E-state index in [0.29, 0.717) is 0 Å². The summed E-state index contributed by atoms with van der Waals surface area (Å²) in [6.45, 7) is 0. The summed E-state index contributed by atoms with van der Waals surface area (Å²) in [5.41, 5.74) is 0. The normalized spacial score (nSPS) is 9.27. The molecule has 0 aliphatic carbocycles. The molecule has 0 unspecified atom stereocenters. The Morgan fingerprint density at radius 3 is 1.18 bits per heavy atom. The number of alkyl halides is 3. The smallest absolute Gasteiger partial charge is 1.00 e. The van der Waals surface area contributed by atoms with E-state index in [-0.39, 0.29) is 23.6 Å². The Kier molecular flexibility index (Phi) is 8.53. The van der Waals surface area contributed by atoms with Gasteiger partial charge in [0.25, 0.3) is 5.83 Å². The van der Waals surface area contributed by atoms with Crippen molar-refractivity contribution in [1.29, 1.82) is 0 Å². The molecule has 0 nitrogen and oxygen atoms in total. The fourth-order valence-corrected chi connectivity index (χ4v) is 0.107. The summed E-state index contributed by atoms with van der Waals surface area (Å²) in [4.78, 5) is 0. The Balaban J connectivity index is -0.000000320. The minimum Gasteiger partial charge on any atom is -1.00 e. The van der Waals surface area contributed by atoms with Gasteiger partial charge in [-0.05, 0) is 0 Å². The molecule has 0 spiro atoms. The number of hydrogen-bond acceptors (Lipinski definition) is 0. The zero-order chi connectivity index (χ0) is 7.65. The number of allylic oxidation sites excluding steroid dienone is 1. The van der Waals surface area contributed by atoms with Crippen LogP contribution in [0.2, 0.25) is 0 Å². The van der Waals surface area contributed by atoms with Crippen molar-refractivity contribution >= 4 is 0 Å². The van der Waals surface area contributed by atoms with Crippen LogP contribution >= 0.6 is 0 Å². The molecule has 11 heavy (non-hydrogen) atoms. The Bertz CT molecular complexity index is 131. The van der Waals surface area contributed by atoms with Crippen LogP contribution in [0, 0.1) is 0 Å². The first-order chi connectivity index (χ1) is 3.85. The fraction of sp³-hybridized carbons (Fsp3) is 0.333. The van der Waals surface area contributed by atoms with E-state index in [1.807, 2.05) is 0 Å². The van der Waals surface area contributed by atoms with Crippen molar-refractivity contribution in [1.82, 2.24) is 0 Å². The van der Waals surface area contributed by atoms with E-state index < -0.39 is 18.1 Å². The molecule has 0 aromatic carbocycles. The van der Waals surface area contributed by atoms with Crippen molar-refractivity contribution in [3.05, 3.63) is 11.9 Å². The number of hydrogen-bond donors (Lipinski definition) is 0. The second-order valence-corrected chi connectivity index (χ2v) is 1.07. The molecule has 0 heterocycles. The quantitative estimate of drug-likeness (QED) is 0.267. The molecular formula is C3F7Li. The largest absolute Gasteiger partial charge is 1.00 e. The summed E-state index contributed by atoms with van der Waals surface area (Å²) in [5.74, 6) is -3.33. The molecule has 0 radical (unpaired) electrons. The minimum atomic E-state index is -5.56. The molecule has 8 heteroatoms. The van der Waals surface area contributed by atoms with Gasteiger partial charge in [-0.3, -0.25) is 0 Å². The van der Waals surface area contributed by atoms with E-state index in [1.165, 1.54) is 0 Å². The molecular weight excluding hydrogens is 176 g/mol. The molecule has 0 aliphatic heterocycles. The maximum Gasteiger partial charge on any atom is 1.00 e. The molecule has 0 aromatic rings. The molecule has 0 aliphatic rings. The van der Waals surface area contributed by atoms with Crippen molar-refractivity contribution in [3.63, 3.8) is 0 Å². The standard InChI is InChI=1S/C3F6.FH.Li/c4-1(2(5)6)3(7,8)9;;/h;1H;/q;;+1/p-1. The molecule has 0 fully saturated rings. The van der Waals surface area contributed by atoms with Crippen LogP contribution in [-0.2, 0) is 0 Å². The Hall–Kier alpha value is -0.153. The van der Waals surface area contributed by atoms with Crippen LogP contribution in [-0.4, -0.2) is 6.18 Å². The van der Waals surface area contributed by atoms with Crippen molar-refractivity contribution < 1.29 is 49.9 Å². The van der Waals surface area contributed by atoms with Crippen LogP contribution in [0.15, 0.2) is 11.9 Å². The van der Waals surface area contributed by atoms with Crippen molar-refractivity contribution in [2.45, 2.75) is 6.18 Å². The zero-order valence-electron chi connectivity index (χ0n) is 5.15. The van der Waals surface area contributed by atoms with Crippen LogP contribution in [0.1, 0.15) is 0 Å². The average molecular weight is 176 g/mol. The molecule has 0 saturated heterocycles. The van der Waals surface area contributed by atoms with Gasteiger partial charge in [0, 0.05) is 0 Å². The average Bonchev–Trinajstić information content (AvgIpc) is 1.62. The molecule has 0 amide bonds. The topological polar surface area (TPSA) is 0 Å². The number of halogens is 7. The minimum absolute atomic E-state index is 0. The first-order valence-corrected chi connectivity index (χ1v) is 1.63. The third-order valence-electron chi connectivity index (χ3n) is 0.415. The summed E-state index contributed by atoms with van der Waals surface area (Å²) >= 11 is 0. The van der Waals surface area contributed by atoms with Crippen LogP contribution < -0.4 is 23.6 Å². The fourth-order valence-electron chi connectivity index (χ4n) is 0.107. The van der Waals surface area contributed by atoms with Crippen LogP contribution in [0.5, 0.6) is 0 Å². The SMILES string of the molecule is FC(F)=C(F)C(F)(F)F.[F-].[Li+]. The Morgan fingerprint density at radius 2 is 1.18 bits per heavy atom. The molecule has 0 saturated carbocycles. The van der Waals surface area contributed by atoms with Gasteiger partial charge in [-0.2, -0.15) is 26.3 Å². The van der Waals surface area contributed by atoms with E-state index in [0.717, 1.165) is 0 Å². The predicted molar refractivity (Wildman–Crippen MR) is 16.4 cm³/mol. The van der Waals surface area contributed by atoms with Gasteiger partial charge in [-0.1, -0.05) is 0 Å². The summed E-state index contributed by atoms with van der Waals surface area (Å²) < 4.78 is 64.8. The predicted octanol–water partition coefficient (Wildman–Crippen LogP) is -3.37. The molecule has 0 bridgehead atoms. The van der Waals surface area contributed by atoms with E-state index in [2.05, 4.69) is 0 Å². The van der Waals surface area contributed by atoms with Gasteiger partial charge in [-0.15, -0.1) is 0 Å². The summed E-state index contributed by atoms with van der Waals surface area (Å²) in [7, 11) is 0. The summed E-state index contributed by atoms with van der Waals surface area (Å²) in [6, 6.07) is 0. The van der Waals surface area contributed by atoms with Crippen molar-refractivity contribution in [2.75, 3.05) is 0 Å². The van der Waals surface area contributed by atoms with Gasteiger partial charge >= 0.3 is 31.1 Å². The first kappa shape index (κ1) is 17.1. The van der Waals surface area contributed by atoms with Crippen molar-refractivity contribution in [3.8, 4) is 0 Å². The van der Waals surface area contributed by atoms with E-state index >= 15 is 0 Å². The Morgan fingerprint density at radius 1 is 0.909 bits per heavy atom. The third kappa shape index (κ3) is 6.25. The van der Waals surface area contributed by atoms with Crippen LogP contribution in [0.4, 0.5) is 26.3 Å². The van der Waals surface area contributed by atoms with Gasteiger partial charge in [-0.25, -0.2) is 0 Å². The second kappa shape index (κ2) is 5.49. The molecule has 62 valence electrons. The molecule has 0 rings (SSSR count). The molecule has 0 aromatic heterocycles. The van der Waals surface area contributed by atoms with Gasteiger partial charge in [0.2, 0.25) is 0 Å². The van der Waals surface area contributed by atoms with Gasteiger partial charge in [0.05, 0.1) is 0 Å². The van der Waals surface area contributed by atoms with E-state index in [1.54, 1.807) is 0 Å². The van der Waals surface area contributed by atoms with E-state index in [9.17, 15) is 26.3 Å². The van der Waals surface area contributed by atoms with E-state index in [4.69, 9.17) is 0 Å². The summed E-state index contributed by atoms with van der Waals surface area (Å²) in [5, 5.41) is 0. The summed E-state index contributed by atoms with van der Waals surface area (Å²) in [6.07, 6.45) is -8.90. The first-order valence-electron chi connectivity index (χ1n) is 1.63. The zero-order valence-corrected chi connectivity index (χ0v) is 5.15. The number of rotatable bonds is 0. The van der Waals surface area contributed by atoms with Crippen molar-refractivity contribution in [2.24, 2.45) is 0 Å². The van der Waals surface area contributed by atoms with Gasteiger partial charge in [0.15, 0.2) is 0 Å². The third-order valence-corrected chi connectivity index (χ3v) is 0.415. The molecule has 0 N–H and O–H groups in total. The second-order valence-electron chi connectivity index (χ2n) is 1.07. The molecule has 0 atom stereocenters. The van der Waals surface area contributed by atoms with Gasteiger partial charge < -0.3 is 4.70 Å². The maximum atomic E-state index is 11.0. The van der Waals surface area contributed by atoms with Crippen LogP contribution in [0.25, 0.3) is 0 Å². The maximum absolute atomic E-state index is 11.0.